The summed E-state index contributed by atoms with van der Waals surface area (Å²) in [6.07, 6.45) is 0.653. The Labute approximate surface area is 123 Å². The number of alkyl halides is 1. The first-order valence-corrected chi connectivity index (χ1v) is 7.16. The third-order valence-corrected chi connectivity index (χ3v) is 3.84. The van der Waals surface area contributed by atoms with Gasteiger partial charge in [-0.25, -0.2) is 4.39 Å². The van der Waals surface area contributed by atoms with Crippen molar-refractivity contribution in [1.82, 2.24) is 5.32 Å². The minimum atomic E-state index is -1.34. The van der Waals surface area contributed by atoms with Crippen LogP contribution in [0.1, 0.15) is 18.9 Å². The molecule has 1 aromatic carbocycles. The topological polar surface area (TPSA) is 21.3 Å². The van der Waals surface area contributed by atoms with Crippen LogP contribution in [0, 0.1) is 0 Å². The van der Waals surface area contributed by atoms with Crippen molar-refractivity contribution in [3.63, 3.8) is 0 Å². The van der Waals surface area contributed by atoms with Crippen molar-refractivity contribution >= 4 is 23.2 Å². The molecule has 2 atom stereocenters. The van der Waals surface area contributed by atoms with E-state index >= 15 is 0 Å². The molecule has 1 heterocycles. The highest BCUT2D eigenvalue weighted by Crippen LogP contribution is 2.29. The van der Waals surface area contributed by atoms with Crippen LogP contribution in [0.5, 0.6) is 0 Å². The lowest BCUT2D eigenvalue weighted by molar-refractivity contribution is 0.0483. The molecule has 0 saturated carbocycles. The molecule has 1 aliphatic rings. The average Bonchev–Trinajstić information content (AvgIpc) is 2.34. The Kier molecular flexibility index (Phi) is 5.07. The van der Waals surface area contributed by atoms with E-state index in [0.717, 1.165) is 12.1 Å². The smallest absolute Gasteiger partial charge is 0.113 e. The molecule has 5 heteroatoms. The van der Waals surface area contributed by atoms with Gasteiger partial charge in [-0.3, -0.25) is 0 Å². The predicted octanol–water partition coefficient (Wildman–Crippen LogP) is 3.64. The van der Waals surface area contributed by atoms with E-state index < -0.39 is 5.67 Å². The van der Waals surface area contributed by atoms with Gasteiger partial charge in [0.15, 0.2) is 0 Å². The summed E-state index contributed by atoms with van der Waals surface area (Å²) in [5, 5.41) is 4.40. The van der Waals surface area contributed by atoms with Crippen LogP contribution in [0.4, 0.5) is 4.39 Å². The Bertz CT molecular complexity index is 433. The molecule has 1 aromatic rings. The molecule has 1 aliphatic heterocycles. The number of nitrogens with one attached hydrogen (secondary N) is 1. The van der Waals surface area contributed by atoms with Gasteiger partial charge in [0.2, 0.25) is 0 Å². The van der Waals surface area contributed by atoms with Crippen LogP contribution in [0.2, 0.25) is 10.0 Å². The highest BCUT2D eigenvalue weighted by molar-refractivity contribution is 6.33. The predicted molar refractivity (Wildman–Crippen MR) is 76.9 cm³/mol. The Morgan fingerprint density at radius 2 is 2.26 bits per heavy atom. The third-order valence-electron chi connectivity index (χ3n) is 3.24. The van der Waals surface area contributed by atoms with Crippen LogP contribution >= 0.6 is 23.2 Å². The summed E-state index contributed by atoms with van der Waals surface area (Å²) in [6.45, 7) is 3.63. The van der Waals surface area contributed by atoms with Crippen molar-refractivity contribution in [3.05, 3.63) is 33.8 Å². The van der Waals surface area contributed by atoms with Gasteiger partial charge in [-0.2, -0.15) is 0 Å². The van der Waals surface area contributed by atoms with Crippen molar-refractivity contribution in [1.29, 1.82) is 0 Å². The summed E-state index contributed by atoms with van der Waals surface area (Å²) in [6, 6.07) is 5.20. The molecule has 1 saturated heterocycles. The first-order valence-electron chi connectivity index (χ1n) is 6.40. The summed E-state index contributed by atoms with van der Waals surface area (Å²) in [4.78, 5) is 0. The molecule has 2 rings (SSSR count). The fraction of sp³-hybridized carbons (Fsp3) is 0.571. The van der Waals surface area contributed by atoms with E-state index in [1.54, 1.807) is 25.1 Å². The minimum Gasteiger partial charge on any atom is -0.379 e. The van der Waals surface area contributed by atoms with Crippen LogP contribution in [0.3, 0.4) is 0 Å². The fourth-order valence-corrected chi connectivity index (χ4v) is 2.79. The number of halogens is 3. The van der Waals surface area contributed by atoms with Gasteiger partial charge >= 0.3 is 0 Å². The molecule has 0 aromatic heterocycles. The molecule has 2 nitrogen and oxygen atoms in total. The Morgan fingerprint density at radius 1 is 1.47 bits per heavy atom. The van der Waals surface area contributed by atoms with E-state index in [1.165, 1.54) is 0 Å². The Balaban J connectivity index is 2.00. The molecule has 2 unspecified atom stereocenters. The lowest BCUT2D eigenvalue weighted by Gasteiger charge is -2.30. The Hall–Kier alpha value is -0.350. The molecule has 106 valence electrons. The lowest BCUT2D eigenvalue weighted by Crippen LogP contribution is -2.45. The second kappa shape index (κ2) is 6.40. The maximum atomic E-state index is 14.7. The quantitative estimate of drug-likeness (QED) is 0.917. The van der Waals surface area contributed by atoms with Crippen molar-refractivity contribution in [2.75, 3.05) is 19.8 Å². The van der Waals surface area contributed by atoms with Gasteiger partial charge in [0, 0.05) is 29.1 Å². The van der Waals surface area contributed by atoms with Gasteiger partial charge in [-0.1, -0.05) is 23.2 Å². The SMILES string of the molecule is CC(F)(Cc1cc(Cl)ccc1Cl)CC1COCCN1. The van der Waals surface area contributed by atoms with Crippen molar-refractivity contribution in [2.45, 2.75) is 31.5 Å². The van der Waals surface area contributed by atoms with Crippen molar-refractivity contribution < 1.29 is 9.13 Å². The number of benzene rings is 1. The van der Waals surface area contributed by atoms with E-state index in [1.807, 2.05) is 0 Å². The Morgan fingerprint density at radius 3 is 2.95 bits per heavy atom. The second-order valence-electron chi connectivity index (χ2n) is 5.26. The van der Waals surface area contributed by atoms with Crippen LogP contribution in [0.25, 0.3) is 0 Å². The van der Waals surface area contributed by atoms with Gasteiger partial charge < -0.3 is 10.1 Å². The summed E-state index contributed by atoms with van der Waals surface area (Å²) in [5.41, 5.74) is -0.594. The largest absolute Gasteiger partial charge is 0.379 e. The molecule has 1 N–H and O–H groups in total. The zero-order chi connectivity index (χ0) is 13.9. The summed E-state index contributed by atoms with van der Waals surface area (Å²) in [7, 11) is 0. The van der Waals surface area contributed by atoms with Gasteiger partial charge in [0.1, 0.15) is 5.67 Å². The minimum absolute atomic E-state index is 0.0571. The highest BCUT2D eigenvalue weighted by Gasteiger charge is 2.30. The first-order chi connectivity index (χ1) is 8.96. The zero-order valence-electron chi connectivity index (χ0n) is 10.9. The van der Waals surface area contributed by atoms with E-state index in [-0.39, 0.29) is 12.5 Å². The van der Waals surface area contributed by atoms with Crippen LogP contribution in [-0.2, 0) is 11.2 Å². The zero-order valence-corrected chi connectivity index (χ0v) is 12.4. The molecular weight excluding hydrogens is 288 g/mol. The van der Waals surface area contributed by atoms with E-state index in [9.17, 15) is 4.39 Å². The normalized spacial score (nSPS) is 23.1. The van der Waals surface area contributed by atoms with Crippen molar-refractivity contribution in [3.8, 4) is 0 Å². The average molecular weight is 306 g/mol. The number of hydrogen-bond donors (Lipinski definition) is 1. The maximum absolute atomic E-state index is 14.7. The van der Waals surface area contributed by atoms with Crippen LogP contribution < -0.4 is 5.32 Å². The van der Waals surface area contributed by atoms with Crippen LogP contribution in [-0.4, -0.2) is 31.5 Å². The monoisotopic (exact) mass is 305 g/mol. The second-order valence-corrected chi connectivity index (χ2v) is 6.10. The highest BCUT2D eigenvalue weighted by atomic mass is 35.5. The lowest BCUT2D eigenvalue weighted by atomic mass is 9.91. The first kappa shape index (κ1) is 15.0. The molecule has 19 heavy (non-hydrogen) atoms. The van der Waals surface area contributed by atoms with E-state index in [4.69, 9.17) is 27.9 Å². The third kappa shape index (κ3) is 4.60. The summed E-state index contributed by atoms with van der Waals surface area (Å²) < 4.78 is 20.0. The molecular formula is C14H18Cl2FNO. The maximum Gasteiger partial charge on any atom is 0.113 e. The van der Waals surface area contributed by atoms with Crippen LogP contribution in [0.15, 0.2) is 18.2 Å². The summed E-state index contributed by atoms with van der Waals surface area (Å²) in [5.74, 6) is 0. The standard InChI is InChI=1S/C14H18Cl2FNO/c1-14(17,8-12-9-19-5-4-18-12)7-10-6-11(15)2-3-13(10)16/h2-3,6,12,18H,4-5,7-9H2,1H3. The van der Waals surface area contributed by atoms with Gasteiger partial charge in [-0.05, 0) is 37.1 Å². The molecule has 1 fully saturated rings. The molecule has 0 aliphatic carbocycles. The molecule has 0 radical (unpaired) electrons. The molecule has 0 bridgehead atoms. The van der Waals surface area contributed by atoms with Gasteiger partial charge in [-0.15, -0.1) is 0 Å². The number of hydrogen-bond acceptors (Lipinski definition) is 2. The van der Waals surface area contributed by atoms with E-state index in [0.29, 0.717) is 29.7 Å². The number of ether oxygens (including phenoxy) is 1. The summed E-state index contributed by atoms with van der Waals surface area (Å²) >= 11 is 12.0. The molecule has 0 amide bonds. The van der Waals surface area contributed by atoms with Crippen molar-refractivity contribution in [2.24, 2.45) is 0 Å². The molecule has 0 spiro atoms. The fourth-order valence-electron chi connectivity index (χ4n) is 2.41. The van der Waals surface area contributed by atoms with Gasteiger partial charge in [0.05, 0.1) is 13.2 Å². The number of rotatable bonds is 4. The number of morpholine rings is 1. The van der Waals surface area contributed by atoms with E-state index in [2.05, 4.69) is 5.32 Å². The van der Waals surface area contributed by atoms with Gasteiger partial charge in [0.25, 0.3) is 0 Å².